The van der Waals surface area contributed by atoms with Crippen LogP contribution in [-0.4, -0.2) is 22.6 Å². The number of nitrogens with zero attached hydrogens (tertiary/aromatic N) is 2. The molecular weight excluding hydrogens is 407 g/mol. The lowest BCUT2D eigenvalue weighted by atomic mass is 10.00. The molecule has 31 heavy (non-hydrogen) atoms. The minimum Gasteiger partial charge on any atom is -0.465 e. The monoisotopic (exact) mass is 431 g/mol. The summed E-state index contributed by atoms with van der Waals surface area (Å²) >= 11 is 0. The number of nitrogens with one attached hydrogen (secondary N) is 1. The minimum atomic E-state index is -4.47. The Morgan fingerprint density at radius 3 is 2.45 bits per heavy atom. The third kappa shape index (κ3) is 5.25. The second-order valence-electron chi connectivity index (χ2n) is 7.26. The van der Waals surface area contributed by atoms with E-state index in [2.05, 4.69) is 17.2 Å². The molecular formula is C23H24F3N3O2. The predicted molar refractivity (Wildman–Crippen MR) is 112 cm³/mol. The van der Waals surface area contributed by atoms with Crippen LogP contribution in [0.3, 0.4) is 0 Å². The highest BCUT2D eigenvalue weighted by Gasteiger charge is 2.33. The first kappa shape index (κ1) is 22.4. The van der Waals surface area contributed by atoms with Crippen LogP contribution in [0.4, 0.5) is 18.9 Å². The summed E-state index contributed by atoms with van der Waals surface area (Å²) in [6.07, 6.45) is -0.506. The van der Waals surface area contributed by atoms with E-state index in [-0.39, 0.29) is 12.0 Å². The average Bonchev–Trinajstić information content (AvgIpc) is 3.24. The zero-order valence-corrected chi connectivity index (χ0v) is 17.5. The molecule has 0 bridgehead atoms. The van der Waals surface area contributed by atoms with Crippen LogP contribution in [0.1, 0.15) is 53.0 Å². The van der Waals surface area contributed by atoms with Crippen LogP contribution in [0.2, 0.25) is 0 Å². The zero-order chi connectivity index (χ0) is 22.6. The smallest absolute Gasteiger partial charge is 0.434 e. The summed E-state index contributed by atoms with van der Waals surface area (Å²) in [7, 11) is 1.34. The van der Waals surface area contributed by atoms with Crippen LogP contribution < -0.4 is 5.32 Å². The first-order chi connectivity index (χ1) is 14.7. The van der Waals surface area contributed by atoms with Crippen molar-refractivity contribution in [3.63, 3.8) is 0 Å². The van der Waals surface area contributed by atoms with Crippen LogP contribution in [0.15, 0.2) is 55.0 Å². The van der Waals surface area contributed by atoms with E-state index >= 15 is 0 Å². The first-order valence-electron chi connectivity index (χ1n) is 9.90. The van der Waals surface area contributed by atoms with E-state index in [9.17, 15) is 18.0 Å². The summed E-state index contributed by atoms with van der Waals surface area (Å²) in [5.41, 5.74) is 2.89. The number of aromatic nitrogens is 2. The van der Waals surface area contributed by atoms with Crippen LogP contribution >= 0.6 is 0 Å². The van der Waals surface area contributed by atoms with Crippen LogP contribution in [0.5, 0.6) is 0 Å². The number of aryl methyl sites for hydroxylation is 1. The number of alkyl halides is 3. The summed E-state index contributed by atoms with van der Waals surface area (Å²) < 4.78 is 44.6. The highest BCUT2D eigenvalue weighted by Crippen LogP contribution is 2.30. The molecule has 3 rings (SSSR count). The first-order valence-corrected chi connectivity index (χ1v) is 9.90. The second kappa shape index (κ2) is 9.24. The molecule has 0 aliphatic carbocycles. The second-order valence-corrected chi connectivity index (χ2v) is 7.26. The maximum Gasteiger partial charge on any atom is 0.434 e. The van der Waals surface area contributed by atoms with Gasteiger partial charge < -0.3 is 14.6 Å². The molecule has 0 radical (unpaired) electrons. The normalized spacial score (nSPS) is 12.5. The predicted octanol–water partition coefficient (Wildman–Crippen LogP) is 5.94. The van der Waals surface area contributed by atoms with Gasteiger partial charge in [0.2, 0.25) is 0 Å². The minimum absolute atomic E-state index is 0.0204. The van der Waals surface area contributed by atoms with Gasteiger partial charge in [0.05, 0.1) is 25.0 Å². The number of hydrogen-bond acceptors (Lipinski definition) is 4. The highest BCUT2D eigenvalue weighted by atomic mass is 19.4. The molecule has 0 aliphatic heterocycles. The van der Waals surface area contributed by atoms with E-state index < -0.39 is 11.9 Å². The van der Waals surface area contributed by atoms with Crippen LogP contribution in [-0.2, 0) is 10.9 Å². The number of esters is 1. The van der Waals surface area contributed by atoms with Crippen molar-refractivity contribution in [3.05, 3.63) is 77.4 Å². The molecule has 1 unspecified atom stereocenters. The maximum atomic E-state index is 12.8. The third-order valence-corrected chi connectivity index (χ3v) is 5.00. The number of methoxy groups -OCH3 is 1. The number of anilines is 1. The molecule has 8 heteroatoms. The lowest BCUT2D eigenvalue weighted by molar-refractivity contribution is -0.140. The summed E-state index contributed by atoms with van der Waals surface area (Å²) in [4.78, 5) is 15.1. The maximum absolute atomic E-state index is 12.8. The summed E-state index contributed by atoms with van der Waals surface area (Å²) in [5.74, 6) is -0.383. The Labute approximate surface area is 178 Å². The van der Waals surface area contributed by atoms with Gasteiger partial charge in [-0.3, -0.25) is 0 Å². The quantitative estimate of drug-likeness (QED) is 0.471. The molecule has 2 aromatic carbocycles. The van der Waals surface area contributed by atoms with Gasteiger partial charge in [-0.15, -0.1) is 0 Å². The van der Waals surface area contributed by atoms with E-state index in [0.717, 1.165) is 35.9 Å². The van der Waals surface area contributed by atoms with Crippen LogP contribution in [0.25, 0.3) is 5.69 Å². The number of carbonyl (C=O) groups is 1. The van der Waals surface area contributed by atoms with Gasteiger partial charge in [0.15, 0.2) is 5.69 Å². The van der Waals surface area contributed by atoms with Crippen molar-refractivity contribution in [1.29, 1.82) is 0 Å². The molecule has 5 nitrogen and oxygen atoms in total. The van der Waals surface area contributed by atoms with Crippen molar-refractivity contribution in [2.75, 3.05) is 12.4 Å². The SMILES string of the molecule is CCCC(Nc1ccc(-n2cnc(C(F)(F)F)c2)c(C)c1)c1ccc(C(=O)OC)cc1. The molecule has 1 aromatic heterocycles. The van der Waals surface area contributed by atoms with Crippen molar-refractivity contribution < 1.29 is 22.7 Å². The fourth-order valence-electron chi connectivity index (χ4n) is 3.42. The van der Waals surface area contributed by atoms with Crippen LogP contribution in [0, 0.1) is 6.92 Å². The topological polar surface area (TPSA) is 56.2 Å². The number of halogens is 3. The molecule has 0 amide bonds. The van der Waals surface area contributed by atoms with E-state index in [1.54, 1.807) is 18.2 Å². The van der Waals surface area contributed by atoms with E-state index in [1.807, 2.05) is 31.2 Å². The van der Waals surface area contributed by atoms with E-state index in [0.29, 0.717) is 11.3 Å². The van der Waals surface area contributed by atoms with E-state index in [1.165, 1.54) is 18.0 Å². The molecule has 1 N–H and O–H groups in total. The molecule has 0 spiro atoms. The van der Waals surface area contributed by atoms with Gasteiger partial charge in [-0.05, 0) is 54.8 Å². The van der Waals surface area contributed by atoms with E-state index in [4.69, 9.17) is 4.74 Å². The number of hydrogen-bond donors (Lipinski definition) is 1. The van der Waals surface area contributed by atoms with Crippen molar-refractivity contribution in [2.24, 2.45) is 0 Å². The summed E-state index contributed by atoms with van der Waals surface area (Å²) in [6.45, 7) is 3.93. The fraction of sp³-hybridized carbons (Fsp3) is 0.304. The lowest BCUT2D eigenvalue weighted by Crippen LogP contribution is -2.11. The van der Waals surface area contributed by atoms with Gasteiger partial charge in [0.1, 0.15) is 0 Å². The zero-order valence-electron chi connectivity index (χ0n) is 17.5. The summed E-state index contributed by atoms with van der Waals surface area (Å²) in [6, 6.07) is 12.8. The Bertz CT molecular complexity index is 1040. The number of benzene rings is 2. The number of carbonyl (C=O) groups excluding carboxylic acids is 1. The molecule has 0 fully saturated rings. The Hall–Kier alpha value is -3.29. The van der Waals surface area contributed by atoms with Gasteiger partial charge in [-0.25, -0.2) is 9.78 Å². The largest absolute Gasteiger partial charge is 0.465 e. The fourth-order valence-corrected chi connectivity index (χ4v) is 3.42. The Morgan fingerprint density at radius 2 is 1.90 bits per heavy atom. The van der Waals surface area contributed by atoms with Crippen molar-refractivity contribution in [3.8, 4) is 5.69 Å². The molecule has 3 aromatic rings. The standard InChI is InChI=1S/C23H24F3N3O2/c1-4-5-19(16-6-8-17(9-7-16)22(30)31-3)28-18-10-11-20(15(2)12-18)29-13-21(27-14-29)23(24,25)26/h6-14,19,28H,4-5H2,1-3H3. The molecule has 0 saturated heterocycles. The molecule has 1 heterocycles. The van der Waals surface area contributed by atoms with Crippen molar-refractivity contribution in [1.82, 2.24) is 9.55 Å². The summed E-state index contributed by atoms with van der Waals surface area (Å²) in [5, 5.41) is 3.49. The highest BCUT2D eigenvalue weighted by molar-refractivity contribution is 5.89. The molecule has 0 saturated carbocycles. The van der Waals surface area contributed by atoms with Gasteiger partial charge in [0, 0.05) is 17.6 Å². The molecule has 1 atom stereocenters. The Balaban J connectivity index is 1.81. The van der Waals surface area contributed by atoms with Crippen molar-refractivity contribution in [2.45, 2.75) is 38.9 Å². The third-order valence-electron chi connectivity index (χ3n) is 5.00. The number of imidazole rings is 1. The van der Waals surface area contributed by atoms with Gasteiger partial charge in [0.25, 0.3) is 0 Å². The number of rotatable bonds is 7. The van der Waals surface area contributed by atoms with Gasteiger partial charge >= 0.3 is 12.1 Å². The lowest BCUT2D eigenvalue weighted by Gasteiger charge is -2.21. The Kier molecular flexibility index (Phi) is 6.68. The molecule has 164 valence electrons. The van der Waals surface area contributed by atoms with Gasteiger partial charge in [-0.2, -0.15) is 13.2 Å². The van der Waals surface area contributed by atoms with Crippen molar-refractivity contribution >= 4 is 11.7 Å². The van der Waals surface area contributed by atoms with Gasteiger partial charge in [-0.1, -0.05) is 25.5 Å². The Morgan fingerprint density at radius 1 is 1.19 bits per heavy atom. The number of ether oxygens (including phenoxy) is 1. The molecule has 0 aliphatic rings. The average molecular weight is 431 g/mol.